The first-order chi connectivity index (χ1) is 10.8. The number of rotatable bonds is 0. The topological polar surface area (TPSA) is 6.48 Å². The second kappa shape index (κ2) is 4.60. The van der Waals surface area contributed by atoms with E-state index in [0.29, 0.717) is 12.0 Å². The number of hydrogen-bond donors (Lipinski definition) is 0. The maximum Gasteiger partial charge on any atom is 0.0483 e. The van der Waals surface area contributed by atoms with Crippen LogP contribution in [0.2, 0.25) is 0 Å². The molecule has 5 rings (SSSR count). The van der Waals surface area contributed by atoms with E-state index in [4.69, 9.17) is 0 Å². The van der Waals surface area contributed by atoms with Gasteiger partial charge in [-0.1, -0.05) is 36.4 Å². The minimum atomic E-state index is 0.645. The number of anilines is 2. The lowest BCUT2D eigenvalue weighted by atomic mass is 9.88. The van der Waals surface area contributed by atoms with Crippen LogP contribution in [0.4, 0.5) is 11.4 Å². The summed E-state index contributed by atoms with van der Waals surface area (Å²) in [4.78, 5) is 5.20. The third kappa shape index (κ3) is 1.65. The highest BCUT2D eigenvalue weighted by molar-refractivity contribution is 5.79. The highest BCUT2D eigenvalue weighted by Crippen LogP contribution is 2.51. The molecule has 0 spiro atoms. The van der Waals surface area contributed by atoms with Gasteiger partial charge in [0.25, 0.3) is 0 Å². The van der Waals surface area contributed by atoms with Crippen molar-refractivity contribution in [3.05, 3.63) is 59.2 Å². The number of benzene rings is 2. The Bertz CT molecular complexity index is 736. The average Bonchev–Trinajstić information content (AvgIpc) is 2.77. The van der Waals surface area contributed by atoms with Crippen molar-refractivity contribution < 1.29 is 0 Å². The lowest BCUT2D eigenvalue weighted by Gasteiger charge is -2.38. The van der Waals surface area contributed by atoms with Crippen molar-refractivity contribution in [3.63, 3.8) is 0 Å². The molecule has 2 atom stereocenters. The van der Waals surface area contributed by atoms with Gasteiger partial charge < -0.3 is 9.80 Å². The first-order valence-corrected chi connectivity index (χ1v) is 8.50. The number of nitrogens with zero attached hydrogens (tertiary/aromatic N) is 2. The van der Waals surface area contributed by atoms with E-state index in [9.17, 15) is 0 Å². The Balaban J connectivity index is 1.75. The predicted molar refractivity (Wildman–Crippen MR) is 91.1 cm³/mol. The van der Waals surface area contributed by atoms with Crippen LogP contribution < -0.4 is 4.90 Å². The molecule has 3 aliphatic heterocycles. The molecular formula is C20H22N2. The molecular weight excluding hydrogens is 268 g/mol. The van der Waals surface area contributed by atoms with Crippen molar-refractivity contribution in [1.82, 2.24) is 4.90 Å². The fourth-order valence-corrected chi connectivity index (χ4v) is 4.81. The van der Waals surface area contributed by atoms with Gasteiger partial charge in [-0.2, -0.15) is 0 Å². The van der Waals surface area contributed by atoms with Crippen LogP contribution in [-0.4, -0.2) is 31.1 Å². The van der Waals surface area contributed by atoms with Gasteiger partial charge >= 0.3 is 0 Å². The number of piperidine rings is 1. The van der Waals surface area contributed by atoms with Crippen LogP contribution in [-0.2, 0) is 12.8 Å². The number of fused-ring (bicyclic) bond motifs is 5. The molecule has 1 saturated heterocycles. The molecule has 2 nitrogen and oxygen atoms in total. The van der Waals surface area contributed by atoms with E-state index in [1.807, 2.05) is 0 Å². The lowest BCUT2D eigenvalue weighted by Crippen LogP contribution is -2.43. The Hall–Kier alpha value is -1.80. The molecule has 0 aromatic heterocycles. The van der Waals surface area contributed by atoms with Gasteiger partial charge in [0.05, 0.1) is 0 Å². The second-order valence-corrected chi connectivity index (χ2v) is 7.08. The van der Waals surface area contributed by atoms with E-state index in [-0.39, 0.29) is 0 Å². The van der Waals surface area contributed by atoms with Gasteiger partial charge in [0, 0.05) is 29.9 Å². The normalized spacial score (nSPS) is 26.1. The van der Waals surface area contributed by atoms with E-state index < -0.39 is 0 Å². The minimum Gasteiger partial charge on any atom is -0.337 e. The molecule has 2 aromatic rings. The van der Waals surface area contributed by atoms with Gasteiger partial charge in [-0.3, -0.25) is 0 Å². The third-order valence-corrected chi connectivity index (χ3v) is 5.82. The smallest absolute Gasteiger partial charge is 0.0483 e. The fraction of sp³-hybridized carbons (Fsp3) is 0.400. The zero-order valence-corrected chi connectivity index (χ0v) is 13.1. The van der Waals surface area contributed by atoms with Crippen molar-refractivity contribution >= 4 is 11.4 Å². The molecule has 0 bridgehead atoms. The zero-order valence-electron chi connectivity index (χ0n) is 13.1. The molecule has 112 valence electrons. The monoisotopic (exact) mass is 290 g/mol. The van der Waals surface area contributed by atoms with Crippen LogP contribution in [0, 0.1) is 0 Å². The average molecular weight is 290 g/mol. The van der Waals surface area contributed by atoms with Gasteiger partial charge in [0.1, 0.15) is 0 Å². The summed E-state index contributed by atoms with van der Waals surface area (Å²) in [6.07, 6.45) is 3.61. The summed E-state index contributed by atoms with van der Waals surface area (Å²) in [6.45, 7) is 2.41. The van der Waals surface area contributed by atoms with Crippen LogP contribution in [0.15, 0.2) is 42.5 Å². The van der Waals surface area contributed by atoms with E-state index in [2.05, 4.69) is 59.3 Å². The van der Waals surface area contributed by atoms with E-state index in [1.165, 1.54) is 49.3 Å². The zero-order chi connectivity index (χ0) is 14.7. The minimum absolute atomic E-state index is 0.645. The maximum atomic E-state index is 2.70. The Morgan fingerprint density at radius 3 is 2.73 bits per heavy atom. The van der Waals surface area contributed by atoms with Gasteiger partial charge in [0.15, 0.2) is 0 Å². The molecule has 3 aliphatic rings. The van der Waals surface area contributed by atoms with Gasteiger partial charge in [-0.25, -0.2) is 0 Å². The molecule has 0 aliphatic carbocycles. The van der Waals surface area contributed by atoms with E-state index >= 15 is 0 Å². The number of para-hydroxylation sites is 2. The molecule has 0 saturated carbocycles. The molecule has 2 unspecified atom stereocenters. The molecule has 1 fully saturated rings. The van der Waals surface area contributed by atoms with E-state index in [0.717, 1.165) is 0 Å². The number of aryl methyl sites for hydroxylation is 2. The predicted octanol–water partition coefficient (Wildman–Crippen LogP) is 3.72. The molecule has 22 heavy (non-hydrogen) atoms. The van der Waals surface area contributed by atoms with Gasteiger partial charge in [-0.15, -0.1) is 0 Å². The van der Waals surface area contributed by atoms with Crippen LogP contribution in [0.3, 0.4) is 0 Å². The van der Waals surface area contributed by atoms with Crippen LogP contribution >= 0.6 is 0 Å². The summed E-state index contributed by atoms with van der Waals surface area (Å²) in [6, 6.07) is 16.7. The lowest BCUT2D eigenvalue weighted by molar-refractivity contribution is 0.236. The van der Waals surface area contributed by atoms with Gasteiger partial charge in [0.2, 0.25) is 0 Å². The Morgan fingerprint density at radius 1 is 0.955 bits per heavy atom. The van der Waals surface area contributed by atoms with Crippen molar-refractivity contribution in [3.8, 4) is 0 Å². The maximum absolute atomic E-state index is 2.70. The van der Waals surface area contributed by atoms with Gasteiger partial charge in [-0.05, 0) is 55.6 Å². The van der Waals surface area contributed by atoms with E-state index in [1.54, 1.807) is 11.1 Å². The summed E-state index contributed by atoms with van der Waals surface area (Å²) in [7, 11) is 2.27. The van der Waals surface area contributed by atoms with Crippen LogP contribution in [0.1, 0.15) is 29.0 Å². The highest BCUT2D eigenvalue weighted by Gasteiger charge is 2.43. The summed E-state index contributed by atoms with van der Waals surface area (Å²) >= 11 is 0. The second-order valence-electron chi connectivity index (χ2n) is 7.08. The standard InChI is InChI=1S/C20H22N2/c1-21-12-11-19-17(13-21)16-7-4-6-15-10-9-14-5-2-3-8-18(14)22(19)20(15)16/h2-8,17,19H,9-13H2,1H3. The van der Waals surface area contributed by atoms with Crippen molar-refractivity contribution in [2.75, 3.05) is 25.0 Å². The first-order valence-electron chi connectivity index (χ1n) is 8.50. The molecule has 0 radical (unpaired) electrons. The largest absolute Gasteiger partial charge is 0.337 e. The molecule has 2 heteroatoms. The van der Waals surface area contributed by atoms with Crippen LogP contribution in [0.5, 0.6) is 0 Å². The number of likely N-dealkylation sites (tertiary alicyclic amines) is 1. The Morgan fingerprint density at radius 2 is 1.77 bits per heavy atom. The third-order valence-electron chi connectivity index (χ3n) is 5.82. The van der Waals surface area contributed by atoms with Crippen molar-refractivity contribution in [2.24, 2.45) is 0 Å². The molecule has 0 amide bonds. The summed E-state index contributed by atoms with van der Waals surface area (Å²) in [5, 5.41) is 0. The quantitative estimate of drug-likeness (QED) is 0.729. The number of likely N-dealkylation sites (N-methyl/N-ethyl adjacent to an activating group) is 1. The van der Waals surface area contributed by atoms with Crippen LogP contribution in [0.25, 0.3) is 0 Å². The first kappa shape index (κ1) is 12.7. The molecule has 0 N–H and O–H groups in total. The molecule has 2 aromatic carbocycles. The van der Waals surface area contributed by atoms with Crippen molar-refractivity contribution in [1.29, 1.82) is 0 Å². The summed E-state index contributed by atoms with van der Waals surface area (Å²) < 4.78 is 0. The number of hydrogen-bond acceptors (Lipinski definition) is 2. The van der Waals surface area contributed by atoms with Crippen molar-refractivity contribution in [2.45, 2.75) is 31.2 Å². The SMILES string of the molecule is CN1CCC2C(C1)c1cccc3c1N2c1ccccc1CC3. The summed E-state index contributed by atoms with van der Waals surface area (Å²) in [5.74, 6) is 0.667. The summed E-state index contributed by atoms with van der Waals surface area (Å²) in [5.41, 5.74) is 7.66. The highest BCUT2D eigenvalue weighted by atomic mass is 15.2. The molecule has 3 heterocycles. The fourth-order valence-electron chi connectivity index (χ4n) is 4.81. The Kier molecular flexibility index (Phi) is 2.66. The Labute approximate surface area is 132 Å².